The lowest BCUT2D eigenvalue weighted by Gasteiger charge is -2.38. The normalized spacial score (nSPS) is 22.2. The first-order valence-electron chi connectivity index (χ1n) is 6.95. The summed E-state index contributed by atoms with van der Waals surface area (Å²) in [5.74, 6) is 0. The molecule has 1 aliphatic rings. The molecule has 1 saturated heterocycles. The molecule has 0 amide bonds. The summed E-state index contributed by atoms with van der Waals surface area (Å²) in [5, 5.41) is 4.95. The number of piperazine rings is 1. The van der Waals surface area contributed by atoms with Gasteiger partial charge in [-0.05, 0) is 37.5 Å². The molecule has 0 bridgehead atoms. The van der Waals surface area contributed by atoms with E-state index < -0.39 is 10.0 Å². The second kappa shape index (κ2) is 6.53. The van der Waals surface area contributed by atoms with Gasteiger partial charge < -0.3 is 5.32 Å². The molecule has 5 nitrogen and oxygen atoms in total. The van der Waals surface area contributed by atoms with E-state index in [1.54, 1.807) is 10.4 Å². The molecule has 0 aliphatic carbocycles. The molecule has 1 atom stereocenters. The van der Waals surface area contributed by atoms with Crippen LogP contribution in [0.1, 0.15) is 19.4 Å². The van der Waals surface area contributed by atoms with Crippen LogP contribution in [-0.2, 0) is 16.6 Å². The summed E-state index contributed by atoms with van der Waals surface area (Å²) in [4.78, 5) is 2.31. The van der Waals surface area contributed by atoms with Crippen molar-refractivity contribution < 1.29 is 8.42 Å². The van der Waals surface area contributed by atoms with E-state index in [1.165, 1.54) is 11.3 Å². The highest BCUT2D eigenvalue weighted by atomic mass is 32.2. The molecule has 1 aromatic heterocycles. The number of hydrogen-bond acceptors (Lipinski definition) is 5. The van der Waals surface area contributed by atoms with Gasteiger partial charge in [0.15, 0.2) is 0 Å². The maximum Gasteiger partial charge on any atom is 0.252 e. The van der Waals surface area contributed by atoms with Gasteiger partial charge in [0.05, 0.1) is 0 Å². The predicted octanol–water partition coefficient (Wildman–Crippen LogP) is 1.18. The third-order valence-corrected chi connectivity index (χ3v) is 7.07. The van der Waals surface area contributed by atoms with Crippen molar-refractivity contribution in [1.29, 1.82) is 0 Å². The molecule has 1 aliphatic heterocycles. The van der Waals surface area contributed by atoms with Crippen LogP contribution >= 0.6 is 11.3 Å². The Morgan fingerprint density at radius 1 is 1.45 bits per heavy atom. The molecule has 1 aromatic rings. The molecule has 2 rings (SSSR count). The summed E-state index contributed by atoms with van der Waals surface area (Å²) in [6.07, 6.45) is 0. The first-order valence-corrected chi connectivity index (χ1v) is 9.27. The van der Waals surface area contributed by atoms with Gasteiger partial charge in [-0.25, -0.2) is 8.42 Å². The number of likely N-dealkylation sites (N-methyl/N-ethyl adjacent to an activating group) is 1. The molecule has 0 spiro atoms. The lowest BCUT2D eigenvalue weighted by Crippen LogP contribution is -2.53. The average Bonchev–Trinajstić information content (AvgIpc) is 2.88. The number of nitrogens with one attached hydrogen (secondary N) is 1. The Bertz CT molecular complexity index is 542. The Morgan fingerprint density at radius 3 is 2.80 bits per heavy atom. The van der Waals surface area contributed by atoms with Crippen LogP contribution in [-0.4, -0.2) is 56.9 Å². The van der Waals surface area contributed by atoms with Crippen LogP contribution in [0.5, 0.6) is 0 Å². The number of nitrogens with zero attached hydrogens (tertiary/aromatic N) is 2. The third-order valence-electron chi connectivity index (χ3n) is 3.74. The van der Waals surface area contributed by atoms with Gasteiger partial charge in [0.1, 0.15) is 4.21 Å². The maximum absolute atomic E-state index is 12.6. The molecule has 1 unspecified atom stereocenters. The van der Waals surface area contributed by atoms with Gasteiger partial charge in [-0.3, -0.25) is 4.90 Å². The van der Waals surface area contributed by atoms with Crippen LogP contribution in [0, 0.1) is 0 Å². The van der Waals surface area contributed by atoms with Crippen LogP contribution in [0.4, 0.5) is 0 Å². The van der Waals surface area contributed by atoms with E-state index in [1.807, 2.05) is 12.4 Å². The van der Waals surface area contributed by atoms with Gasteiger partial charge in [0.2, 0.25) is 0 Å². The first-order chi connectivity index (χ1) is 9.48. The highest BCUT2D eigenvalue weighted by molar-refractivity contribution is 7.91. The Kier molecular flexibility index (Phi) is 5.19. The van der Waals surface area contributed by atoms with Gasteiger partial charge in [-0.1, -0.05) is 6.92 Å². The minimum Gasteiger partial charge on any atom is -0.316 e. The fourth-order valence-electron chi connectivity index (χ4n) is 2.56. The van der Waals surface area contributed by atoms with Crippen LogP contribution in [0.15, 0.2) is 15.7 Å². The molecule has 0 radical (unpaired) electrons. The molecule has 20 heavy (non-hydrogen) atoms. The molecular formula is C13H23N3O2S2. The molecule has 0 saturated carbocycles. The number of sulfonamides is 1. The Balaban J connectivity index is 2.14. The molecule has 7 heteroatoms. The largest absolute Gasteiger partial charge is 0.316 e. The predicted molar refractivity (Wildman–Crippen MR) is 82.6 cm³/mol. The second-order valence-corrected chi connectivity index (χ2v) is 8.22. The van der Waals surface area contributed by atoms with Gasteiger partial charge in [0, 0.05) is 32.2 Å². The zero-order valence-corrected chi connectivity index (χ0v) is 13.9. The standard InChI is InChI=1S/C13H23N3O2S2/c1-4-15-5-6-16(9-11(15)2)20(17,18)13-7-12(8-14-3)10-19-13/h7,10-11,14H,4-6,8-9H2,1-3H3. The minimum absolute atomic E-state index is 0.278. The average molecular weight is 317 g/mol. The minimum atomic E-state index is -3.33. The molecule has 1 N–H and O–H groups in total. The Hall–Kier alpha value is -0.470. The monoisotopic (exact) mass is 317 g/mol. The molecular weight excluding hydrogens is 294 g/mol. The highest BCUT2D eigenvalue weighted by Gasteiger charge is 2.32. The van der Waals surface area contributed by atoms with Crippen LogP contribution in [0.3, 0.4) is 0 Å². The van der Waals surface area contributed by atoms with Gasteiger partial charge in [0.25, 0.3) is 10.0 Å². The molecule has 1 fully saturated rings. The van der Waals surface area contributed by atoms with E-state index >= 15 is 0 Å². The summed E-state index contributed by atoms with van der Waals surface area (Å²) < 4.78 is 27.4. The zero-order valence-electron chi connectivity index (χ0n) is 12.3. The van der Waals surface area contributed by atoms with Crippen molar-refractivity contribution in [2.75, 3.05) is 33.2 Å². The van der Waals surface area contributed by atoms with Crippen molar-refractivity contribution in [2.45, 2.75) is 30.6 Å². The smallest absolute Gasteiger partial charge is 0.252 e. The van der Waals surface area contributed by atoms with E-state index in [4.69, 9.17) is 0 Å². The lowest BCUT2D eigenvalue weighted by molar-refractivity contribution is 0.136. The summed E-state index contributed by atoms with van der Waals surface area (Å²) in [6, 6.07) is 2.06. The number of thiophene rings is 1. The van der Waals surface area contributed by atoms with E-state index in [2.05, 4.69) is 24.1 Å². The fourth-order valence-corrected chi connectivity index (χ4v) is 5.44. The van der Waals surface area contributed by atoms with Gasteiger partial charge in [-0.2, -0.15) is 4.31 Å². The maximum atomic E-state index is 12.6. The van der Waals surface area contributed by atoms with Crippen LogP contribution in [0.25, 0.3) is 0 Å². The zero-order chi connectivity index (χ0) is 14.8. The van der Waals surface area contributed by atoms with E-state index in [0.717, 1.165) is 18.7 Å². The van der Waals surface area contributed by atoms with Crippen molar-refractivity contribution in [3.8, 4) is 0 Å². The summed E-state index contributed by atoms with van der Waals surface area (Å²) in [6.45, 7) is 7.85. The quantitative estimate of drug-likeness (QED) is 0.886. The van der Waals surface area contributed by atoms with Crippen molar-refractivity contribution in [3.05, 3.63) is 17.0 Å². The van der Waals surface area contributed by atoms with Crippen molar-refractivity contribution in [3.63, 3.8) is 0 Å². The Labute approximate surface area is 125 Å². The first kappa shape index (κ1) is 15.9. The second-order valence-electron chi connectivity index (χ2n) is 5.14. The summed E-state index contributed by atoms with van der Waals surface area (Å²) in [7, 11) is -1.47. The number of hydrogen-bond donors (Lipinski definition) is 1. The lowest BCUT2D eigenvalue weighted by atomic mass is 10.2. The summed E-state index contributed by atoms with van der Waals surface area (Å²) in [5.41, 5.74) is 1.02. The highest BCUT2D eigenvalue weighted by Crippen LogP contribution is 2.25. The van der Waals surface area contributed by atoms with E-state index in [-0.39, 0.29) is 6.04 Å². The van der Waals surface area contributed by atoms with Gasteiger partial charge in [-0.15, -0.1) is 11.3 Å². The van der Waals surface area contributed by atoms with E-state index in [0.29, 0.717) is 23.8 Å². The molecule has 114 valence electrons. The van der Waals surface area contributed by atoms with Gasteiger partial charge >= 0.3 is 0 Å². The third kappa shape index (κ3) is 3.23. The Morgan fingerprint density at radius 2 is 2.20 bits per heavy atom. The van der Waals surface area contributed by atoms with Crippen molar-refractivity contribution in [1.82, 2.24) is 14.5 Å². The van der Waals surface area contributed by atoms with Crippen LogP contribution in [0.2, 0.25) is 0 Å². The SMILES string of the molecule is CCN1CCN(S(=O)(=O)c2cc(CNC)cs2)CC1C. The number of rotatable bonds is 5. The van der Waals surface area contributed by atoms with Crippen LogP contribution < -0.4 is 5.32 Å². The topological polar surface area (TPSA) is 52.7 Å². The van der Waals surface area contributed by atoms with Crippen molar-refractivity contribution >= 4 is 21.4 Å². The molecule has 0 aromatic carbocycles. The fraction of sp³-hybridized carbons (Fsp3) is 0.692. The van der Waals surface area contributed by atoms with E-state index in [9.17, 15) is 8.42 Å². The molecule has 2 heterocycles. The summed E-state index contributed by atoms with van der Waals surface area (Å²) >= 11 is 1.31. The van der Waals surface area contributed by atoms with Crippen molar-refractivity contribution in [2.24, 2.45) is 0 Å².